The van der Waals surface area contributed by atoms with Crippen molar-refractivity contribution >= 4 is 11.8 Å². The summed E-state index contributed by atoms with van der Waals surface area (Å²) in [4.78, 5) is 24.2. The SMILES string of the molecule is NCCN(CCC(=O)O)CC(=O)c1ccccc1. The number of carboxylic acids is 1. The van der Waals surface area contributed by atoms with Crippen LogP contribution in [-0.4, -0.2) is 47.9 Å². The van der Waals surface area contributed by atoms with E-state index < -0.39 is 5.97 Å². The van der Waals surface area contributed by atoms with Gasteiger partial charge in [-0.25, -0.2) is 0 Å². The molecule has 5 heteroatoms. The van der Waals surface area contributed by atoms with Crippen molar-refractivity contribution in [2.75, 3.05) is 26.2 Å². The highest BCUT2D eigenvalue weighted by atomic mass is 16.4. The average molecular weight is 250 g/mol. The standard InChI is InChI=1S/C13H18N2O3/c14-7-9-15(8-6-13(17)18)10-12(16)11-4-2-1-3-5-11/h1-5H,6-10,14H2,(H,17,18). The van der Waals surface area contributed by atoms with E-state index in [1.807, 2.05) is 6.07 Å². The summed E-state index contributed by atoms with van der Waals surface area (Å²) in [5, 5.41) is 8.64. The average Bonchev–Trinajstić information content (AvgIpc) is 2.37. The molecule has 0 unspecified atom stereocenters. The third kappa shape index (κ3) is 5.07. The minimum absolute atomic E-state index is 0.0159. The van der Waals surface area contributed by atoms with Crippen molar-refractivity contribution < 1.29 is 14.7 Å². The van der Waals surface area contributed by atoms with Gasteiger partial charge in [-0.2, -0.15) is 0 Å². The van der Waals surface area contributed by atoms with Crippen LogP contribution in [0.15, 0.2) is 30.3 Å². The van der Waals surface area contributed by atoms with Gasteiger partial charge in [-0.05, 0) is 0 Å². The fraction of sp³-hybridized carbons (Fsp3) is 0.385. The summed E-state index contributed by atoms with van der Waals surface area (Å²) in [6.45, 7) is 1.47. The third-order valence-corrected chi connectivity index (χ3v) is 2.55. The number of nitrogens with zero attached hydrogens (tertiary/aromatic N) is 1. The summed E-state index contributed by atoms with van der Waals surface area (Å²) < 4.78 is 0. The minimum Gasteiger partial charge on any atom is -0.481 e. The van der Waals surface area contributed by atoms with Gasteiger partial charge < -0.3 is 10.8 Å². The van der Waals surface area contributed by atoms with E-state index in [-0.39, 0.29) is 18.7 Å². The fourth-order valence-corrected chi connectivity index (χ4v) is 1.62. The molecule has 0 saturated heterocycles. The molecule has 1 aromatic carbocycles. The van der Waals surface area contributed by atoms with Gasteiger partial charge in [0.2, 0.25) is 0 Å². The lowest BCUT2D eigenvalue weighted by Gasteiger charge is -2.19. The van der Waals surface area contributed by atoms with Crippen LogP contribution in [0.5, 0.6) is 0 Å². The van der Waals surface area contributed by atoms with Crippen molar-refractivity contribution in [3.05, 3.63) is 35.9 Å². The Morgan fingerprint density at radius 2 is 1.83 bits per heavy atom. The van der Waals surface area contributed by atoms with E-state index >= 15 is 0 Å². The van der Waals surface area contributed by atoms with Crippen LogP contribution in [0.3, 0.4) is 0 Å². The maximum atomic E-state index is 11.9. The molecule has 0 fully saturated rings. The first kappa shape index (κ1) is 14.3. The summed E-state index contributed by atoms with van der Waals surface area (Å²) in [6.07, 6.45) is 0.0159. The van der Waals surface area contributed by atoms with Gasteiger partial charge in [0.15, 0.2) is 5.78 Å². The second-order valence-corrected chi connectivity index (χ2v) is 4.00. The largest absolute Gasteiger partial charge is 0.481 e. The van der Waals surface area contributed by atoms with Crippen LogP contribution in [0, 0.1) is 0 Å². The predicted octanol–water partition coefficient (Wildman–Crippen LogP) is 0.605. The molecule has 0 aliphatic carbocycles. The smallest absolute Gasteiger partial charge is 0.304 e. The molecule has 0 aliphatic rings. The Morgan fingerprint density at radius 1 is 1.17 bits per heavy atom. The Labute approximate surface area is 106 Å². The number of hydrogen-bond donors (Lipinski definition) is 2. The molecule has 0 heterocycles. The second kappa shape index (κ2) is 7.58. The molecule has 0 atom stereocenters. The van der Waals surface area contributed by atoms with Crippen LogP contribution in [0.2, 0.25) is 0 Å². The number of nitrogens with two attached hydrogens (primary N) is 1. The monoisotopic (exact) mass is 250 g/mol. The van der Waals surface area contributed by atoms with E-state index in [9.17, 15) is 9.59 Å². The Balaban J connectivity index is 2.54. The highest BCUT2D eigenvalue weighted by Gasteiger charge is 2.12. The van der Waals surface area contributed by atoms with Gasteiger partial charge in [0, 0.05) is 25.2 Å². The number of benzene rings is 1. The molecule has 0 aromatic heterocycles. The van der Waals surface area contributed by atoms with Crippen molar-refractivity contribution in [3.8, 4) is 0 Å². The van der Waals surface area contributed by atoms with Crippen molar-refractivity contribution in [2.45, 2.75) is 6.42 Å². The number of ketones is 1. The van der Waals surface area contributed by atoms with E-state index in [1.54, 1.807) is 29.2 Å². The number of Topliss-reactive ketones (excluding diaryl/α,β-unsaturated/α-hetero) is 1. The zero-order valence-electron chi connectivity index (χ0n) is 10.2. The number of hydrogen-bond acceptors (Lipinski definition) is 4. The maximum absolute atomic E-state index is 11.9. The Hall–Kier alpha value is -1.72. The summed E-state index contributed by atoms with van der Waals surface area (Å²) in [5.41, 5.74) is 6.08. The summed E-state index contributed by atoms with van der Waals surface area (Å²) in [5.74, 6) is -0.890. The molecule has 0 saturated carbocycles. The van der Waals surface area contributed by atoms with Crippen LogP contribution >= 0.6 is 0 Å². The van der Waals surface area contributed by atoms with Gasteiger partial charge >= 0.3 is 5.97 Å². The lowest BCUT2D eigenvalue weighted by molar-refractivity contribution is -0.137. The van der Waals surface area contributed by atoms with Crippen molar-refractivity contribution in [2.24, 2.45) is 5.73 Å². The highest BCUT2D eigenvalue weighted by Crippen LogP contribution is 2.02. The first-order chi connectivity index (χ1) is 8.63. The maximum Gasteiger partial charge on any atom is 0.304 e. The molecule has 18 heavy (non-hydrogen) atoms. The number of carbonyl (C=O) groups is 2. The van der Waals surface area contributed by atoms with E-state index in [0.717, 1.165) is 0 Å². The molecule has 98 valence electrons. The van der Waals surface area contributed by atoms with E-state index in [4.69, 9.17) is 10.8 Å². The zero-order chi connectivity index (χ0) is 13.4. The summed E-state index contributed by atoms with van der Waals surface area (Å²) in [7, 11) is 0. The second-order valence-electron chi connectivity index (χ2n) is 4.00. The molecule has 5 nitrogen and oxygen atoms in total. The van der Waals surface area contributed by atoms with E-state index in [0.29, 0.717) is 25.2 Å². The van der Waals surface area contributed by atoms with Crippen LogP contribution in [0.4, 0.5) is 0 Å². The molecule has 0 amide bonds. The minimum atomic E-state index is -0.871. The van der Waals surface area contributed by atoms with E-state index in [2.05, 4.69) is 0 Å². The summed E-state index contributed by atoms with van der Waals surface area (Å²) >= 11 is 0. The fourth-order valence-electron chi connectivity index (χ4n) is 1.62. The third-order valence-electron chi connectivity index (χ3n) is 2.55. The van der Waals surface area contributed by atoms with Gasteiger partial charge in [-0.3, -0.25) is 14.5 Å². The molecule has 3 N–H and O–H groups in total. The Morgan fingerprint density at radius 3 is 2.39 bits per heavy atom. The first-order valence-corrected chi connectivity index (χ1v) is 5.86. The number of carboxylic acid groups (broad SMARTS) is 1. The Kier molecular flexibility index (Phi) is 6.04. The number of carbonyl (C=O) groups excluding carboxylic acids is 1. The van der Waals surface area contributed by atoms with Crippen molar-refractivity contribution in [1.29, 1.82) is 0 Å². The quantitative estimate of drug-likeness (QED) is 0.660. The molecular weight excluding hydrogens is 232 g/mol. The molecule has 1 rings (SSSR count). The van der Waals surface area contributed by atoms with E-state index in [1.165, 1.54) is 0 Å². The normalized spacial score (nSPS) is 10.6. The van der Waals surface area contributed by atoms with Gasteiger partial charge in [0.05, 0.1) is 13.0 Å². The molecule has 0 bridgehead atoms. The summed E-state index contributed by atoms with van der Waals surface area (Å²) in [6, 6.07) is 8.95. The van der Waals surface area contributed by atoms with Crippen LogP contribution in [0.25, 0.3) is 0 Å². The molecule has 0 radical (unpaired) electrons. The molecule has 0 spiro atoms. The van der Waals surface area contributed by atoms with Gasteiger partial charge in [-0.1, -0.05) is 30.3 Å². The lowest BCUT2D eigenvalue weighted by atomic mass is 10.1. The lowest BCUT2D eigenvalue weighted by Crippen LogP contribution is -2.35. The van der Waals surface area contributed by atoms with Gasteiger partial charge in [-0.15, -0.1) is 0 Å². The topological polar surface area (TPSA) is 83.6 Å². The molecule has 0 aliphatic heterocycles. The van der Waals surface area contributed by atoms with Crippen molar-refractivity contribution in [3.63, 3.8) is 0 Å². The number of aliphatic carboxylic acids is 1. The Bertz CT molecular complexity index is 392. The molecule has 1 aromatic rings. The van der Waals surface area contributed by atoms with Crippen LogP contribution in [-0.2, 0) is 4.79 Å². The molecular formula is C13H18N2O3. The predicted molar refractivity (Wildman–Crippen MR) is 68.5 cm³/mol. The van der Waals surface area contributed by atoms with Crippen LogP contribution < -0.4 is 5.73 Å². The zero-order valence-corrected chi connectivity index (χ0v) is 10.2. The highest BCUT2D eigenvalue weighted by molar-refractivity contribution is 5.97. The number of rotatable bonds is 8. The van der Waals surface area contributed by atoms with Gasteiger partial charge in [0.1, 0.15) is 0 Å². The van der Waals surface area contributed by atoms with Crippen LogP contribution in [0.1, 0.15) is 16.8 Å². The van der Waals surface area contributed by atoms with Crippen molar-refractivity contribution in [1.82, 2.24) is 4.90 Å². The van der Waals surface area contributed by atoms with Gasteiger partial charge in [0.25, 0.3) is 0 Å². The first-order valence-electron chi connectivity index (χ1n) is 5.86.